The van der Waals surface area contributed by atoms with Gasteiger partial charge in [0.15, 0.2) is 0 Å². The van der Waals surface area contributed by atoms with E-state index in [1.165, 1.54) is 11.3 Å². The number of anilines is 1. The first-order valence-corrected chi connectivity index (χ1v) is 10.2. The van der Waals surface area contributed by atoms with Gasteiger partial charge in [0.2, 0.25) is 0 Å². The molecule has 1 fully saturated rings. The number of nitrogens with two attached hydrogens (primary N) is 1. The van der Waals surface area contributed by atoms with Gasteiger partial charge < -0.3 is 15.6 Å². The SMILES string of the molecule is Cc1cc(N)cc(-c2cnc(C3(O)CCC(C(=O)OC(C)(C)C)CC3)s2)c1. The second-order valence-electron chi connectivity index (χ2n) is 8.50. The Morgan fingerprint density at radius 3 is 2.56 bits per heavy atom. The van der Waals surface area contributed by atoms with E-state index in [1.807, 2.05) is 39.8 Å². The van der Waals surface area contributed by atoms with Crippen molar-refractivity contribution in [2.24, 2.45) is 5.92 Å². The summed E-state index contributed by atoms with van der Waals surface area (Å²) >= 11 is 1.50. The summed E-state index contributed by atoms with van der Waals surface area (Å²) in [7, 11) is 0. The van der Waals surface area contributed by atoms with Crippen LogP contribution < -0.4 is 5.73 Å². The molecule has 0 radical (unpaired) electrons. The molecule has 27 heavy (non-hydrogen) atoms. The number of carbonyl (C=O) groups excluding carboxylic acids is 1. The number of esters is 1. The smallest absolute Gasteiger partial charge is 0.309 e. The van der Waals surface area contributed by atoms with Gasteiger partial charge in [0, 0.05) is 11.9 Å². The normalized spacial score (nSPS) is 23.2. The zero-order chi connectivity index (χ0) is 19.8. The monoisotopic (exact) mass is 388 g/mol. The van der Waals surface area contributed by atoms with Gasteiger partial charge >= 0.3 is 5.97 Å². The Hall–Kier alpha value is -1.92. The molecule has 0 spiro atoms. The van der Waals surface area contributed by atoms with Crippen LogP contribution in [0, 0.1) is 12.8 Å². The number of aliphatic hydroxyl groups is 1. The Morgan fingerprint density at radius 2 is 1.96 bits per heavy atom. The summed E-state index contributed by atoms with van der Waals surface area (Å²) in [6, 6.07) is 5.92. The number of nitrogens with zero attached hydrogens (tertiary/aromatic N) is 1. The van der Waals surface area contributed by atoms with Crippen LogP contribution in [0.15, 0.2) is 24.4 Å². The zero-order valence-electron chi connectivity index (χ0n) is 16.4. The molecule has 1 aromatic heterocycles. The van der Waals surface area contributed by atoms with E-state index in [4.69, 9.17) is 10.5 Å². The predicted molar refractivity (Wildman–Crippen MR) is 108 cm³/mol. The van der Waals surface area contributed by atoms with Crippen LogP contribution in [0.25, 0.3) is 10.4 Å². The molecule has 0 aliphatic heterocycles. The molecular weight excluding hydrogens is 360 g/mol. The van der Waals surface area contributed by atoms with Crippen molar-refractivity contribution >= 4 is 23.0 Å². The number of aryl methyl sites for hydroxylation is 1. The maximum atomic E-state index is 12.3. The molecule has 3 N–H and O–H groups in total. The first-order valence-electron chi connectivity index (χ1n) is 9.35. The highest BCUT2D eigenvalue weighted by atomic mass is 32.1. The molecule has 0 bridgehead atoms. The summed E-state index contributed by atoms with van der Waals surface area (Å²) in [5.41, 5.74) is 7.32. The Morgan fingerprint density at radius 1 is 1.30 bits per heavy atom. The highest BCUT2D eigenvalue weighted by molar-refractivity contribution is 7.15. The molecule has 1 aliphatic rings. The van der Waals surface area contributed by atoms with Gasteiger partial charge in [-0.05, 0) is 76.6 Å². The van der Waals surface area contributed by atoms with Crippen LogP contribution in [0.5, 0.6) is 0 Å². The van der Waals surface area contributed by atoms with Gasteiger partial charge in [0.05, 0.1) is 10.8 Å². The Kier molecular flexibility index (Phi) is 5.32. The van der Waals surface area contributed by atoms with Gasteiger partial charge in [-0.25, -0.2) is 4.98 Å². The number of ether oxygens (including phenoxy) is 1. The number of hydrogen-bond donors (Lipinski definition) is 2. The first-order chi connectivity index (χ1) is 12.6. The molecule has 146 valence electrons. The number of hydrogen-bond acceptors (Lipinski definition) is 6. The van der Waals surface area contributed by atoms with Crippen LogP contribution in [0.2, 0.25) is 0 Å². The van der Waals surface area contributed by atoms with Crippen molar-refractivity contribution in [1.82, 2.24) is 4.98 Å². The van der Waals surface area contributed by atoms with Crippen LogP contribution in [0.4, 0.5) is 5.69 Å². The van der Waals surface area contributed by atoms with Crippen LogP contribution in [-0.2, 0) is 15.1 Å². The molecule has 6 heteroatoms. The van der Waals surface area contributed by atoms with E-state index < -0.39 is 11.2 Å². The number of carbonyl (C=O) groups is 1. The maximum absolute atomic E-state index is 12.3. The fourth-order valence-corrected chi connectivity index (χ4v) is 4.56. The number of benzene rings is 1. The number of thiazole rings is 1. The van der Waals surface area contributed by atoms with Crippen molar-refractivity contribution in [3.05, 3.63) is 35.0 Å². The van der Waals surface area contributed by atoms with Crippen LogP contribution in [0.1, 0.15) is 57.0 Å². The van der Waals surface area contributed by atoms with Gasteiger partial charge in [-0.15, -0.1) is 11.3 Å². The molecule has 0 saturated heterocycles. The van der Waals surface area contributed by atoms with E-state index in [-0.39, 0.29) is 11.9 Å². The topological polar surface area (TPSA) is 85.4 Å². The molecule has 3 rings (SSSR count). The summed E-state index contributed by atoms with van der Waals surface area (Å²) in [5.74, 6) is -0.319. The first kappa shape index (κ1) is 19.8. The average Bonchev–Trinajstić information content (AvgIpc) is 3.03. The summed E-state index contributed by atoms with van der Waals surface area (Å²) in [6.07, 6.45) is 4.04. The molecule has 0 atom stereocenters. The fraction of sp³-hybridized carbons (Fsp3) is 0.524. The van der Waals surface area contributed by atoms with Crippen molar-refractivity contribution < 1.29 is 14.6 Å². The fourth-order valence-electron chi connectivity index (χ4n) is 3.51. The number of rotatable bonds is 3. The van der Waals surface area contributed by atoms with Gasteiger partial charge in [-0.2, -0.15) is 0 Å². The van der Waals surface area contributed by atoms with E-state index in [0.29, 0.717) is 30.7 Å². The third-order valence-electron chi connectivity index (χ3n) is 4.84. The third kappa shape index (κ3) is 4.68. The minimum absolute atomic E-state index is 0.152. The second-order valence-corrected chi connectivity index (χ2v) is 9.53. The van der Waals surface area contributed by atoms with Gasteiger partial charge in [-0.3, -0.25) is 4.79 Å². The van der Waals surface area contributed by atoms with Gasteiger partial charge in [0.25, 0.3) is 0 Å². The second kappa shape index (κ2) is 7.24. The van der Waals surface area contributed by atoms with Crippen LogP contribution >= 0.6 is 11.3 Å². The quantitative estimate of drug-likeness (QED) is 0.600. The molecule has 2 aromatic rings. The van der Waals surface area contributed by atoms with Crippen molar-refractivity contribution in [2.45, 2.75) is 64.6 Å². The molecular formula is C21H28N2O3S. The van der Waals surface area contributed by atoms with E-state index in [0.717, 1.165) is 21.7 Å². The molecule has 1 heterocycles. The van der Waals surface area contributed by atoms with Gasteiger partial charge in [0.1, 0.15) is 16.2 Å². The van der Waals surface area contributed by atoms with Crippen molar-refractivity contribution in [1.29, 1.82) is 0 Å². The van der Waals surface area contributed by atoms with E-state index in [1.54, 1.807) is 6.20 Å². The highest BCUT2D eigenvalue weighted by Gasteiger charge is 2.40. The van der Waals surface area contributed by atoms with Crippen molar-refractivity contribution in [2.75, 3.05) is 5.73 Å². The Labute approximate surface area is 164 Å². The van der Waals surface area contributed by atoms with E-state index >= 15 is 0 Å². The lowest BCUT2D eigenvalue weighted by atomic mass is 9.79. The number of nitrogen functional groups attached to an aromatic ring is 1. The van der Waals surface area contributed by atoms with E-state index in [9.17, 15) is 9.90 Å². The minimum atomic E-state index is -0.975. The van der Waals surface area contributed by atoms with Crippen LogP contribution in [-0.4, -0.2) is 21.7 Å². The van der Waals surface area contributed by atoms with Crippen LogP contribution in [0.3, 0.4) is 0 Å². The van der Waals surface area contributed by atoms with Gasteiger partial charge in [-0.1, -0.05) is 6.07 Å². The lowest BCUT2D eigenvalue weighted by Gasteiger charge is -2.34. The lowest BCUT2D eigenvalue weighted by molar-refractivity contribution is -0.163. The lowest BCUT2D eigenvalue weighted by Crippen LogP contribution is -2.36. The van der Waals surface area contributed by atoms with Crippen molar-refractivity contribution in [3.8, 4) is 10.4 Å². The molecule has 0 amide bonds. The summed E-state index contributed by atoms with van der Waals surface area (Å²) in [6.45, 7) is 7.63. The standard InChI is InChI=1S/C21H28N2O3S/c1-13-9-15(11-16(22)10-13)17-12-23-19(27-17)21(25)7-5-14(6-8-21)18(24)26-20(2,3)4/h9-12,14,25H,5-8,22H2,1-4H3. The molecule has 1 aromatic carbocycles. The third-order valence-corrected chi connectivity index (χ3v) is 6.08. The zero-order valence-corrected chi connectivity index (χ0v) is 17.2. The molecule has 1 saturated carbocycles. The van der Waals surface area contributed by atoms with E-state index in [2.05, 4.69) is 11.1 Å². The number of aromatic nitrogens is 1. The predicted octanol–water partition coefficient (Wildman–Crippen LogP) is 4.42. The average molecular weight is 389 g/mol. The Bertz CT molecular complexity index is 810. The minimum Gasteiger partial charge on any atom is -0.460 e. The summed E-state index contributed by atoms with van der Waals surface area (Å²) < 4.78 is 5.49. The largest absolute Gasteiger partial charge is 0.460 e. The summed E-state index contributed by atoms with van der Waals surface area (Å²) in [5, 5.41) is 11.8. The molecule has 0 unspecified atom stereocenters. The summed E-state index contributed by atoms with van der Waals surface area (Å²) in [4.78, 5) is 17.8. The molecule has 1 aliphatic carbocycles. The van der Waals surface area contributed by atoms with Crippen molar-refractivity contribution in [3.63, 3.8) is 0 Å². The molecule has 5 nitrogen and oxygen atoms in total. The highest BCUT2D eigenvalue weighted by Crippen LogP contribution is 2.43. The maximum Gasteiger partial charge on any atom is 0.309 e. The Balaban J connectivity index is 1.71.